The Bertz CT molecular complexity index is 411. The molecule has 2 nitrogen and oxygen atoms in total. The first-order chi connectivity index (χ1) is 7.57. The van der Waals surface area contributed by atoms with Crippen LogP contribution in [0.4, 0.5) is 0 Å². The van der Waals surface area contributed by atoms with Crippen molar-refractivity contribution in [3.63, 3.8) is 0 Å². The van der Waals surface area contributed by atoms with E-state index in [-0.39, 0.29) is 16.6 Å². The lowest BCUT2D eigenvalue weighted by atomic mass is 9.80. The molecule has 0 fully saturated rings. The standard InChI is InChI=1S/C14H23O2P/c1-13(2,3)9-7-10(14(4,5)6)12(15)11(8-9)17-16/h7-8,15-17H,1-6H3/p-1. The van der Waals surface area contributed by atoms with Gasteiger partial charge in [-0.1, -0.05) is 53.4 Å². The maximum Gasteiger partial charge on any atom is 0.0413 e. The quantitative estimate of drug-likeness (QED) is 0.782. The summed E-state index contributed by atoms with van der Waals surface area (Å²) < 4.78 is 0. The Morgan fingerprint density at radius 3 is 1.88 bits per heavy atom. The lowest BCUT2D eigenvalue weighted by Crippen LogP contribution is -2.23. The van der Waals surface area contributed by atoms with Crippen LogP contribution in [0, 0.1) is 0 Å². The molecule has 1 unspecified atom stereocenters. The largest absolute Gasteiger partial charge is 0.872 e. The van der Waals surface area contributed by atoms with Crippen molar-refractivity contribution in [2.24, 2.45) is 0 Å². The molecule has 0 spiro atoms. The number of rotatable bonds is 1. The first kappa shape index (κ1) is 14.5. The molecule has 1 aromatic rings. The Kier molecular flexibility index (Phi) is 3.91. The van der Waals surface area contributed by atoms with Gasteiger partial charge in [-0.3, -0.25) is 0 Å². The van der Waals surface area contributed by atoms with E-state index in [1.165, 1.54) is 0 Å². The lowest BCUT2D eigenvalue weighted by molar-refractivity contribution is -0.268. The van der Waals surface area contributed by atoms with Crippen LogP contribution in [0.1, 0.15) is 52.7 Å². The first-order valence-corrected chi connectivity index (χ1v) is 6.78. The molecule has 0 aliphatic rings. The van der Waals surface area contributed by atoms with Crippen molar-refractivity contribution >= 4 is 14.1 Å². The molecule has 0 aromatic heterocycles. The second-order valence-corrected chi connectivity index (χ2v) is 7.27. The van der Waals surface area contributed by atoms with Crippen LogP contribution in [-0.2, 0) is 10.8 Å². The van der Waals surface area contributed by atoms with E-state index in [1.807, 2.05) is 32.9 Å². The first-order valence-electron chi connectivity index (χ1n) is 5.83. The van der Waals surface area contributed by atoms with E-state index in [4.69, 9.17) is 0 Å². The van der Waals surface area contributed by atoms with E-state index >= 15 is 0 Å². The Morgan fingerprint density at radius 1 is 1.00 bits per heavy atom. The Balaban J connectivity index is 3.50. The van der Waals surface area contributed by atoms with Crippen molar-refractivity contribution in [3.05, 3.63) is 23.3 Å². The maximum absolute atomic E-state index is 12.2. The summed E-state index contributed by atoms with van der Waals surface area (Å²) in [7, 11) is -0.433. The molecule has 3 heteroatoms. The summed E-state index contributed by atoms with van der Waals surface area (Å²) in [6.45, 7) is 12.4. The van der Waals surface area contributed by atoms with Gasteiger partial charge in [0, 0.05) is 8.81 Å². The third kappa shape index (κ3) is 3.20. The van der Waals surface area contributed by atoms with Gasteiger partial charge in [0.25, 0.3) is 0 Å². The zero-order chi connectivity index (χ0) is 13.4. The zero-order valence-electron chi connectivity index (χ0n) is 11.5. The second-order valence-electron chi connectivity index (χ2n) is 6.51. The van der Waals surface area contributed by atoms with E-state index in [1.54, 1.807) is 0 Å². The van der Waals surface area contributed by atoms with Gasteiger partial charge in [-0.2, -0.15) is 0 Å². The molecule has 96 valence electrons. The van der Waals surface area contributed by atoms with E-state index in [0.29, 0.717) is 5.30 Å². The van der Waals surface area contributed by atoms with E-state index in [9.17, 15) is 10.00 Å². The SMILES string of the molecule is CC(C)(C)c1cc(PO)c([O-])c(C(C)(C)C)c1. The lowest BCUT2D eigenvalue weighted by Gasteiger charge is -2.31. The maximum atomic E-state index is 12.2. The molecular formula is C14H22O2P-. The molecule has 17 heavy (non-hydrogen) atoms. The summed E-state index contributed by atoms with van der Waals surface area (Å²) in [6, 6.07) is 3.84. The third-order valence-electron chi connectivity index (χ3n) is 2.88. The van der Waals surface area contributed by atoms with Crippen LogP contribution < -0.4 is 10.4 Å². The Labute approximate surface area is 106 Å². The summed E-state index contributed by atoms with van der Waals surface area (Å²) in [5.74, 6) is -0.00802. The summed E-state index contributed by atoms with van der Waals surface area (Å²) >= 11 is 0. The fourth-order valence-electron chi connectivity index (χ4n) is 1.70. The van der Waals surface area contributed by atoms with Crippen LogP contribution in [0.3, 0.4) is 0 Å². The summed E-state index contributed by atoms with van der Waals surface area (Å²) in [5, 5.41) is 12.7. The molecule has 0 saturated heterocycles. The molecule has 1 atom stereocenters. The predicted octanol–water partition coefficient (Wildman–Crippen LogP) is 2.57. The average Bonchev–Trinajstić information content (AvgIpc) is 2.14. The van der Waals surface area contributed by atoms with Gasteiger partial charge >= 0.3 is 0 Å². The molecule has 0 heterocycles. The second kappa shape index (κ2) is 4.59. The monoisotopic (exact) mass is 253 g/mol. The van der Waals surface area contributed by atoms with Crippen LogP contribution in [0.15, 0.2) is 12.1 Å². The highest BCUT2D eigenvalue weighted by atomic mass is 31.1. The van der Waals surface area contributed by atoms with Gasteiger partial charge in [-0.15, -0.1) is 0 Å². The normalized spacial score (nSPS) is 13.6. The molecule has 1 rings (SSSR count). The third-order valence-corrected chi connectivity index (χ3v) is 3.50. The molecule has 1 N–H and O–H groups in total. The zero-order valence-corrected chi connectivity index (χ0v) is 12.5. The van der Waals surface area contributed by atoms with Gasteiger partial charge in [0.05, 0.1) is 0 Å². The van der Waals surface area contributed by atoms with E-state index in [0.717, 1.165) is 11.1 Å². The Morgan fingerprint density at radius 2 is 1.53 bits per heavy atom. The molecule has 0 bridgehead atoms. The number of hydrogen-bond donors (Lipinski definition) is 1. The highest BCUT2D eigenvalue weighted by molar-refractivity contribution is 7.41. The minimum absolute atomic E-state index is 0.00802. The number of hydrogen-bond acceptors (Lipinski definition) is 2. The summed E-state index contributed by atoms with van der Waals surface area (Å²) in [4.78, 5) is 9.33. The average molecular weight is 253 g/mol. The van der Waals surface area contributed by atoms with Crippen molar-refractivity contribution in [2.75, 3.05) is 0 Å². The van der Waals surface area contributed by atoms with Crippen molar-refractivity contribution < 1.29 is 10.00 Å². The van der Waals surface area contributed by atoms with Crippen molar-refractivity contribution in [1.29, 1.82) is 0 Å². The van der Waals surface area contributed by atoms with Gasteiger partial charge in [-0.25, -0.2) is 0 Å². The highest BCUT2D eigenvalue weighted by Gasteiger charge is 2.21. The van der Waals surface area contributed by atoms with Crippen LogP contribution in [-0.4, -0.2) is 4.89 Å². The topological polar surface area (TPSA) is 43.3 Å². The highest BCUT2D eigenvalue weighted by Crippen LogP contribution is 2.34. The van der Waals surface area contributed by atoms with Crippen molar-refractivity contribution in [3.8, 4) is 5.75 Å². The van der Waals surface area contributed by atoms with Gasteiger partial charge < -0.3 is 10.00 Å². The smallest absolute Gasteiger partial charge is 0.0413 e. The molecule has 0 aliphatic heterocycles. The van der Waals surface area contributed by atoms with Gasteiger partial charge in [0.2, 0.25) is 0 Å². The van der Waals surface area contributed by atoms with E-state index < -0.39 is 8.81 Å². The minimum atomic E-state index is -0.433. The van der Waals surface area contributed by atoms with Crippen molar-refractivity contribution in [1.82, 2.24) is 0 Å². The van der Waals surface area contributed by atoms with Gasteiger partial charge in [0.15, 0.2) is 0 Å². The molecule has 0 aliphatic carbocycles. The van der Waals surface area contributed by atoms with Crippen LogP contribution >= 0.6 is 8.81 Å². The fourth-order valence-corrected chi connectivity index (χ4v) is 2.16. The van der Waals surface area contributed by atoms with E-state index in [2.05, 4.69) is 20.8 Å². The summed E-state index contributed by atoms with van der Waals surface area (Å²) in [6.07, 6.45) is 0. The van der Waals surface area contributed by atoms with Crippen LogP contribution in [0.25, 0.3) is 0 Å². The van der Waals surface area contributed by atoms with Crippen molar-refractivity contribution in [2.45, 2.75) is 52.4 Å². The van der Waals surface area contributed by atoms with Crippen LogP contribution in [0.2, 0.25) is 0 Å². The molecule has 0 saturated carbocycles. The number of benzene rings is 1. The van der Waals surface area contributed by atoms with Crippen LogP contribution in [0.5, 0.6) is 5.75 Å². The molecule has 1 aromatic carbocycles. The van der Waals surface area contributed by atoms with Gasteiger partial charge in [0.1, 0.15) is 0 Å². The Hall–Kier alpha value is -0.590. The molecule has 0 radical (unpaired) electrons. The summed E-state index contributed by atoms with van der Waals surface area (Å²) in [5.41, 5.74) is 1.70. The molecular weight excluding hydrogens is 231 g/mol. The molecule has 0 amide bonds. The fraction of sp³-hybridized carbons (Fsp3) is 0.571. The minimum Gasteiger partial charge on any atom is -0.872 e. The predicted molar refractivity (Wildman–Crippen MR) is 73.5 cm³/mol. The van der Waals surface area contributed by atoms with Gasteiger partial charge in [-0.05, 0) is 33.3 Å².